The fraction of sp³-hybridized carbons (Fsp3) is 0.923. The smallest absolute Gasteiger partial charge is 0.236 e. The van der Waals surface area contributed by atoms with Gasteiger partial charge in [0.2, 0.25) is 5.91 Å². The minimum Gasteiger partial charge on any atom is -0.373 e. The Balaban J connectivity index is 1.41. The van der Waals surface area contributed by atoms with Crippen molar-refractivity contribution < 1.29 is 9.53 Å². The van der Waals surface area contributed by atoms with Gasteiger partial charge in [-0.15, -0.1) is 0 Å². The number of likely N-dealkylation sites (N-methyl/N-ethyl adjacent to an activating group) is 1. The lowest BCUT2D eigenvalue weighted by molar-refractivity contribution is -0.132. The Morgan fingerprint density at radius 3 is 2.67 bits per heavy atom. The second kappa shape index (κ2) is 5.15. The summed E-state index contributed by atoms with van der Waals surface area (Å²) in [5, 5.41) is 3.39. The van der Waals surface area contributed by atoms with E-state index < -0.39 is 0 Å². The van der Waals surface area contributed by atoms with E-state index in [1.807, 2.05) is 4.90 Å². The number of nitrogens with one attached hydrogen (secondary N) is 1. The van der Waals surface area contributed by atoms with Crippen molar-refractivity contribution in [2.45, 2.75) is 37.5 Å². The van der Waals surface area contributed by atoms with E-state index in [0.29, 0.717) is 24.8 Å². The summed E-state index contributed by atoms with van der Waals surface area (Å²) < 4.78 is 5.78. The first-order chi connectivity index (χ1) is 8.72. The molecular formula is C13H23N3O2. The average Bonchev–Trinajstić information content (AvgIpc) is 2.99. The molecule has 3 aliphatic rings. The summed E-state index contributed by atoms with van der Waals surface area (Å²) in [7, 11) is 2.10. The number of hydrogen-bond donors (Lipinski definition) is 1. The predicted molar refractivity (Wildman–Crippen MR) is 68.4 cm³/mol. The quantitative estimate of drug-likeness (QED) is 0.748. The molecule has 0 aromatic heterocycles. The van der Waals surface area contributed by atoms with Crippen LogP contribution in [-0.2, 0) is 9.53 Å². The van der Waals surface area contributed by atoms with Crippen molar-refractivity contribution in [3.63, 3.8) is 0 Å². The first kappa shape index (κ1) is 12.4. The molecule has 3 aliphatic heterocycles. The van der Waals surface area contributed by atoms with Gasteiger partial charge in [0.1, 0.15) is 0 Å². The molecule has 3 heterocycles. The van der Waals surface area contributed by atoms with Crippen LogP contribution in [0, 0.1) is 0 Å². The molecule has 3 rings (SSSR count). The average molecular weight is 253 g/mol. The third kappa shape index (κ3) is 2.53. The van der Waals surface area contributed by atoms with Crippen molar-refractivity contribution in [2.24, 2.45) is 0 Å². The Labute approximate surface area is 108 Å². The van der Waals surface area contributed by atoms with Gasteiger partial charge in [-0.3, -0.25) is 4.79 Å². The molecule has 3 unspecified atom stereocenters. The number of hydrogen-bond acceptors (Lipinski definition) is 4. The van der Waals surface area contributed by atoms with Gasteiger partial charge in [0.25, 0.3) is 0 Å². The van der Waals surface area contributed by atoms with Gasteiger partial charge < -0.3 is 19.9 Å². The van der Waals surface area contributed by atoms with Crippen LogP contribution >= 0.6 is 0 Å². The van der Waals surface area contributed by atoms with Gasteiger partial charge >= 0.3 is 0 Å². The van der Waals surface area contributed by atoms with Crippen LogP contribution < -0.4 is 5.32 Å². The maximum Gasteiger partial charge on any atom is 0.236 e. The lowest BCUT2D eigenvalue weighted by Gasteiger charge is -2.33. The molecule has 3 saturated heterocycles. The third-order valence-corrected chi connectivity index (χ3v) is 4.48. The SMILES string of the molecule is CN1CCN(C(=O)CNC2CC3CCC2O3)CC1. The fourth-order valence-corrected chi connectivity index (χ4v) is 3.24. The molecule has 1 N–H and O–H groups in total. The van der Waals surface area contributed by atoms with E-state index in [4.69, 9.17) is 4.74 Å². The first-order valence-corrected chi connectivity index (χ1v) is 7.07. The van der Waals surface area contributed by atoms with Crippen LogP contribution in [0.1, 0.15) is 19.3 Å². The summed E-state index contributed by atoms with van der Waals surface area (Å²) in [6.07, 6.45) is 4.25. The number of nitrogens with zero attached hydrogens (tertiary/aromatic N) is 2. The summed E-state index contributed by atoms with van der Waals surface area (Å²) in [5.74, 6) is 0.242. The molecule has 0 saturated carbocycles. The van der Waals surface area contributed by atoms with Crippen molar-refractivity contribution in [1.82, 2.24) is 15.1 Å². The normalized spacial score (nSPS) is 36.3. The molecule has 2 bridgehead atoms. The van der Waals surface area contributed by atoms with Crippen LogP contribution in [0.25, 0.3) is 0 Å². The molecule has 0 aromatic rings. The largest absolute Gasteiger partial charge is 0.373 e. The highest BCUT2D eigenvalue weighted by atomic mass is 16.5. The fourth-order valence-electron chi connectivity index (χ4n) is 3.24. The molecule has 0 spiro atoms. The lowest BCUT2D eigenvalue weighted by Crippen LogP contribution is -2.51. The Kier molecular flexibility index (Phi) is 3.54. The van der Waals surface area contributed by atoms with Gasteiger partial charge in [-0.05, 0) is 26.3 Å². The van der Waals surface area contributed by atoms with E-state index in [9.17, 15) is 4.79 Å². The Bertz CT molecular complexity index is 315. The van der Waals surface area contributed by atoms with E-state index in [2.05, 4.69) is 17.3 Å². The molecule has 3 atom stereocenters. The highest BCUT2D eigenvalue weighted by Crippen LogP contribution is 2.34. The minimum absolute atomic E-state index is 0.242. The zero-order valence-electron chi connectivity index (χ0n) is 11.1. The van der Waals surface area contributed by atoms with Gasteiger partial charge in [0, 0.05) is 32.2 Å². The van der Waals surface area contributed by atoms with Crippen LogP contribution in [0.4, 0.5) is 0 Å². The van der Waals surface area contributed by atoms with Crippen molar-refractivity contribution in [2.75, 3.05) is 39.8 Å². The molecule has 3 fully saturated rings. The maximum atomic E-state index is 12.1. The molecule has 5 heteroatoms. The molecule has 0 radical (unpaired) electrons. The predicted octanol–water partition coefficient (Wildman–Crippen LogP) is -0.330. The van der Waals surface area contributed by atoms with Gasteiger partial charge in [-0.1, -0.05) is 0 Å². The third-order valence-electron chi connectivity index (χ3n) is 4.48. The monoisotopic (exact) mass is 253 g/mol. The Hall–Kier alpha value is -0.650. The highest BCUT2D eigenvalue weighted by molar-refractivity contribution is 5.78. The zero-order chi connectivity index (χ0) is 12.5. The number of ether oxygens (including phenoxy) is 1. The summed E-state index contributed by atoms with van der Waals surface area (Å²) in [6.45, 7) is 4.18. The summed E-state index contributed by atoms with van der Waals surface area (Å²) >= 11 is 0. The summed E-state index contributed by atoms with van der Waals surface area (Å²) in [6, 6.07) is 0.403. The van der Waals surface area contributed by atoms with Gasteiger partial charge in [0.05, 0.1) is 18.8 Å². The van der Waals surface area contributed by atoms with Crippen molar-refractivity contribution in [3.05, 3.63) is 0 Å². The molecule has 0 aromatic carbocycles. The number of fused-ring (bicyclic) bond motifs is 2. The summed E-state index contributed by atoms with van der Waals surface area (Å²) in [5.41, 5.74) is 0. The zero-order valence-corrected chi connectivity index (χ0v) is 11.1. The standard InChI is InChI=1S/C13H23N3O2/c1-15-4-6-16(7-5-15)13(17)9-14-11-8-10-2-3-12(11)18-10/h10-12,14H,2-9H2,1H3. The minimum atomic E-state index is 0.242. The van der Waals surface area contributed by atoms with Gasteiger partial charge in [-0.25, -0.2) is 0 Å². The number of piperazine rings is 1. The van der Waals surface area contributed by atoms with Crippen molar-refractivity contribution in [3.8, 4) is 0 Å². The van der Waals surface area contributed by atoms with E-state index in [1.165, 1.54) is 6.42 Å². The second-order valence-corrected chi connectivity index (χ2v) is 5.78. The number of carbonyl (C=O) groups excluding carboxylic acids is 1. The van der Waals surface area contributed by atoms with Crippen LogP contribution in [0.3, 0.4) is 0 Å². The summed E-state index contributed by atoms with van der Waals surface area (Å²) in [4.78, 5) is 16.3. The van der Waals surface area contributed by atoms with Gasteiger partial charge in [0.15, 0.2) is 0 Å². The topological polar surface area (TPSA) is 44.8 Å². The van der Waals surface area contributed by atoms with E-state index >= 15 is 0 Å². The van der Waals surface area contributed by atoms with Crippen molar-refractivity contribution >= 4 is 5.91 Å². The second-order valence-electron chi connectivity index (χ2n) is 5.78. The first-order valence-electron chi connectivity index (χ1n) is 7.07. The van der Waals surface area contributed by atoms with Crippen LogP contribution in [0.2, 0.25) is 0 Å². The number of rotatable bonds is 3. The number of carbonyl (C=O) groups is 1. The number of amides is 1. The van der Waals surface area contributed by atoms with Crippen molar-refractivity contribution in [1.29, 1.82) is 0 Å². The van der Waals surface area contributed by atoms with E-state index in [-0.39, 0.29) is 5.91 Å². The maximum absolute atomic E-state index is 12.1. The molecule has 18 heavy (non-hydrogen) atoms. The van der Waals surface area contributed by atoms with Crippen LogP contribution in [0.15, 0.2) is 0 Å². The van der Waals surface area contributed by atoms with Gasteiger partial charge in [-0.2, -0.15) is 0 Å². The van der Waals surface area contributed by atoms with Crippen LogP contribution in [0.5, 0.6) is 0 Å². The molecule has 1 amide bonds. The Morgan fingerprint density at radius 2 is 2.06 bits per heavy atom. The van der Waals surface area contributed by atoms with E-state index in [0.717, 1.165) is 39.0 Å². The molecular weight excluding hydrogens is 230 g/mol. The molecule has 102 valence electrons. The molecule has 5 nitrogen and oxygen atoms in total. The Morgan fingerprint density at radius 1 is 1.28 bits per heavy atom. The van der Waals surface area contributed by atoms with Crippen LogP contribution in [-0.4, -0.2) is 73.7 Å². The highest BCUT2D eigenvalue weighted by Gasteiger charge is 2.40. The lowest BCUT2D eigenvalue weighted by atomic mass is 9.95. The molecule has 0 aliphatic carbocycles. The van der Waals surface area contributed by atoms with E-state index in [1.54, 1.807) is 0 Å².